The Morgan fingerprint density at radius 3 is 2.15 bits per heavy atom. The van der Waals surface area contributed by atoms with Gasteiger partial charge >= 0.3 is 0 Å². The normalized spacial score (nSPS) is 22.3. The highest BCUT2D eigenvalue weighted by Gasteiger charge is 2.22. The molecule has 6 nitrogen and oxygen atoms in total. The minimum absolute atomic E-state index is 0. The summed E-state index contributed by atoms with van der Waals surface area (Å²) in [4.78, 5) is 21.4. The average molecular weight is 302 g/mol. The monoisotopic (exact) mass is 302 g/mol. The molecule has 0 fully saturated rings. The highest BCUT2D eigenvalue weighted by molar-refractivity contribution is 5.96. The summed E-state index contributed by atoms with van der Waals surface area (Å²) in [6.45, 7) is 8.55. The number of allylic oxidation sites excluding steroid dienone is 1. The number of aliphatic hydroxyl groups excluding tert-OH is 1. The largest absolute Gasteiger partial charge is 0.876 e. The molecule has 20 heavy (non-hydrogen) atoms. The molecule has 0 heterocycles. The Hall–Kier alpha value is -1.40. The predicted molar refractivity (Wildman–Crippen MR) is 77.9 cm³/mol. The number of hydrogen-bond acceptors (Lipinski definition) is 6. The van der Waals surface area contributed by atoms with Crippen LogP contribution in [-0.2, 0) is 9.59 Å². The number of aliphatic hydroxyl groups is 1. The molecule has 0 aromatic carbocycles. The first-order valence-corrected chi connectivity index (χ1v) is 5.72. The van der Waals surface area contributed by atoms with Gasteiger partial charge in [-0.3, -0.25) is 4.79 Å². The maximum absolute atomic E-state index is 10.9. The molecule has 0 aliphatic heterocycles. The van der Waals surface area contributed by atoms with E-state index in [2.05, 4.69) is 11.7 Å². The Morgan fingerprint density at radius 2 is 2.05 bits per heavy atom. The molecule has 0 saturated carbocycles. The molecule has 0 radical (unpaired) electrons. The SMILES string of the molecule is [2HH].[2HH].[2H]N[2H].[2H]OC(C(C(C)=O)C(=O)[O-])C([2H])([2H])C.[2H][C@H](C(=C)[O-])[C@@H](C)[C@@H]([2H])C. The second-order valence-corrected chi connectivity index (χ2v) is 3.94. The van der Waals surface area contributed by atoms with Crippen LogP contribution in [0.25, 0.3) is 0 Å². The zero-order valence-corrected chi connectivity index (χ0v) is 12.1. The zero-order chi connectivity index (χ0) is 22.5. The third-order valence-corrected chi connectivity index (χ3v) is 2.25. The Bertz CT molecular complexity index is 449. The summed E-state index contributed by atoms with van der Waals surface area (Å²) >= 11 is 0. The number of Topliss-reactive ketones (excluding diaryl/α,β-unsaturated/α-hetero) is 1. The lowest BCUT2D eigenvalue weighted by Gasteiger charge is -2.19. The first-order valence-electron chi connectivity index (χ1n) is 9.28. The van der Waals surface area contributed by atoms with E-state index in [1.54, 1.807) is 13.8 Å². The molecule has 0 rings (SSSR count). The van der Waals surface area contributed by atoms with Crippen molar-refractivity contribution in [2.24, 2.45) is 11.8 Å². The van der Waals surface area contributed by atoms with E-state index >= 15 is 0 Å². The standard InChI is InChI=1S/C7H12O4.C7H14O.H3N.2H2/c1-3-5(9)6(4(2)8)7(10)11;1-4-6(2)5-7(3)8;;;/h5-6,9H,3H2,1-2H3,(H,10,11);6,8H,3-5H2,1-2H3;1H3;2*1H/p-2/t;6-;;;/m.0.../s1/i3D2,9D;4D,5D;;2*1+1/hD2/t;4-,5-,6-;;;. The molecule has 0 aliphatic rings. The van der Waals surface area contributed by atoms with Crippen LogP contribution < -0.4 is 16.3 Å². The van der Waals surface area contributed by atoms with Gasteiger partial charge in [0.1, 0.15) is 8.61 Å². The Balaban J connectivity index is -0.000000113. The van der Waals surface area contributed by atoms with Gasteiger partial charge in [-0.2, -0.15) is 0 Å². The second kappa shape index (κ2) is 12.6. The quantitative estimate of drug-likeness (QED) is 0.499. The topological polar surface area (TPSA) is 135 Å². The summed E-state index contributed by atoms with van der Waals surface area (Å²) < 4.78 is 46.6. The minimum Gasteiger partial charge on any atom is -0.876 e. The van der Waals surface area contributed by atoms with E-state index in [1.165, 1.54) is 6.14 Å². The minimum atomic E-state index is -2.10. The van der Waals surface area contributed by atoms with E-state index in [0.29, 0.717) is 0 Å². The van der Waals surface area contributed by atoms with E-state index in [9.17, 15) is 19.8 Å². The van der Waals surface area contributed by atoms with Gasteiger partial charge in [0.05, 0.1) is 18.0 Å². The van der Waals surface area contributed by atoms with Crippen molar-refractivity contribution in [2.75, 3.05) is 0 Å². The molecule has 0 bridgehead atoms. The molecule has 0 spiro atoms. The summed E-state index contributed by atoms with van der Waals surface area (Å²) in [5.41, 5.74) is 0. The van der Waals surface area contributed by atoms with E-state index < -0.39 is 42.3 Å². The third kappa shape index (κ3) is 11.7. The molecule has 0 saturated heterocycles. The Morgan fingerprint density at radius 1 is 1.55 bits per heavy atom. The number of carboxylic acid groups (broad SMARTS) is 1. The van der Waals surface area contributed by atoms with Crippen molar-refractivity contribution in [3.8, 4) is 0 Å². The predicted octanol–water partition coefficient (Wildman–Crippen LogP) is 0.663. The van der Waals surface area contributed by atoms with Gasteiger partial charge in [-0.05, 0) is 25.6 Å². The molecule has 4 N–H and O–H groups in total. The van der Waals surface area contributed by atoms with Crippen molar-refractivity contribution in [3.05, 3.63) is 12.3 Å². The number of carbonyl (C=O) groups is 2. The third-order valence-electron chi connectivity index (χ3n) is 2.25. The summed E-state index contributed by atoms with van der Waals surface area (Å²) in [6.07, 6.45) is -3.70. The number of hydrogen-bond donors (Lipinski definition) is 2. The van der Waals surface area contributed by atoms with Crippen LogP contribution >= 0.6 is 0 Å². The van der Waals surface area contributed by atoms with E-state index in [4.69, 9.17) is 9.74 Å². The van der Waals surface area contributed by atoms with Crippen molar-refractivity contribution in [3.63, 3.8) is 0 Å². The Kier molecular flexibility index (Phi) is 7.12. The molecule has 0 aromatic heterocycles. The summed E-state index contributed by atoms with van der Waals surface area (Å²) in [5.74, 6) is -4.91. The smallest absolute Gasteiger partial charge is 0.210 e. The van der Waals surface area contributed by atoms with Crippen molar-refractivity contribution in [2.45, 2.75) is 53.0 Å². The molecule has 0 amide bonds. The maximum Gasteiger partial charge on any atom is 0.210 e. The van der Waals surface area contributed by atoms with Crippen LogP contribution in [0.1, 0.15) is 55.2 Å². The van der Waals surface area contributed by atoms with E-state index in [-0.39, 0.29) is 15.2 Å². The summed E-state index contributed by atoms with van der Waals surface area (Å²) in [6, 6.07) is 0. The number of carboxylic acids is 1. The highest BCUT2D eigenvalue weighted by Crippen LogP contribution is 2.08. The molecule has 2 unspecified atom stereocenters. The zero-order valence-electron chi connectivity index (χ0n) is 19.1. The molecular weight excluding hydrogens is 262 g/mol. The lowest BCUT2D eigenvalue weighted by atomic mass is 9.97. The van der Waals surface area contributed by atoms with Crippen molar-refractivity contribution in [1.29, 1.82) is 1.43 Å². The van der Waals surface area contributed by atoms with Crippen LogP contribution in [0, 0.1) is 11.8 Å². The van der Waals surface area contributed by atoms with Crippen LogP contribution in [-0.4, -0.2) is 24.4 Å². The molecule has 5 atom stereocenters. The first kappa shape index (κ1) is 11.3. The van der Waals surface area contributed by atoms with Gasteiger partial charge < -0.3 is 26.3 Å². The van der Waals surface area contributed by atoms with Gasteiger partial charge in [0.2, 0.25) is 1.43 Å². The fourth-order valence-electron chi connectivity index (χ4n) is 1.06. The van der Waals surface area contributed by atoms with Gasteiger partial charge in [0.25, 0.3) is 0 Å². The van der Waals surface area contributed by atoms with Gasteiger partial charge in [0, 0.05) is 8.34 Å². The molecule has 6 heteroatoms. The lowest BCUT2D eigenvalue weighted by molar-refractivity contribution is -0.312. The van der Waals surface area contributed by atoms with Crippen molar-refractivity contribution in [1.82, 2.24) is 6.14 Å². The van der Waals surface area contributed by atoms with E-state index in [1.807, 2.05) is 0 Å². The fraction of sp³-hybridized carbons (Fsp3) is 0.714. The van der Waals surface area contributed by atoms with Gasteiger partial charge in [0.15, 0.2) is 0 Å². The van der Waals surface area contributed by atoms with E-state index in [0.717, 1.165) is 13.8 Å². The lowest BCUT2D eigenvalue weighted by Crippen LogP contribution is -2.42. The molecular formula is C14H31NO5-2. The average Bonchev–Trinajstić information content (AvgIpc) is 2.49. The van der Waals surface area contributed by atoms with Crippen LogP contribution in [0.2, 0.25) is 2.82 Å². The number of aliphatic carboxylic acids is 1. The maximum atomic E-state index is 10.9. The van der Waals surface area contributed by atoms with Crippen molar-refractivity contribution >= 4 is 11.8 Å². The summed E-state index contributed by atoms with van der Waals surface area (Å²) in [5, 5.41) is 25.0. The van der Waals surface area contributed by atoms with Crippen LogP contribution in [0.3, 0.4) is 0 Å². The first-order chi connectivity index (χ1) is 12.1. The number of rotatable bonds is 8. The van der Waals surface area contributed by atoms with Gasteiger partial charge in [-0.1, -0.05) is 27.2 Å². The summed E-state index contributed by atoms with van der Waals surface area (Å²) in [7, 11) is 0. The number of ketones is 1. The van der Waals surface area contributed by atoms with Crippen LogP contribution in [0.15, 0.2) is 12.3 Å². The Labute approximate surface area is 134 Å². The molecule has 0 aromatic rings. The molecule has 0 aliphatic carbocycles. The van der Waals surface area contributed by atoms with Gasteiger partial charge in [-0.15, -0.1) is 12.3 Å². The number of carbonyl (C=O) groups excluding carboxylic acids is 2. The van der Waals surface area contributed by atoms with Crippen molar-refractivity contribution < 1.29 is 36.1 Å². The van der Waals surface area contributed by atoms with Gasteiger partial charge in [-0.25, -0.2) is 0 Å². The van der Waals surface area contributed by atoms with Crippen LogP contribution in [0.5, 0.6) is 0 Å². The highest BCUT2D eigenvalue weighted by atomic mass is 16.4. The second-order valence-electron chi connectivity index (χ2n) is 3.94. The fourth-order valence-corrected chi connectivity index (χ4v) is 1.06. The van der Waals surface area contributed by atoms with Crippen LogP contribution in [0.4, 0.5) is 0 Å². The molecule has 124 valence electrons.